The van der Waals surface area contributed by atoms with Crippen molar-refractivity contribution in [3.05, 3.63) is 40.6 Å². The molecule has 0 aliphatic carbocycles. The van der Waals surface area contributed by atoms with Crippen LogP contribution in [0.5, 0.6) is 28.7 Å². The minimum absolute atomic E-state index is 0.0909. The number of aliphatic hydroxyl groups excluding tert-OH is 5. The number of aliphatic hydroxyl groups is 5. The quantitative estimate of drug-likeness (QED) is 0.204. The van der Waals surface area contributed by atoms with Crippen LogP contribution >= 0.6 is 0 Å². The summed E-state index contributed by atoms with van der Waals surface area (Å²) >= 11 is 0. The van der Waals surface area contributed by atoms with E-state index in [1.165, 1.54) is 37.4 Å². The topological polar surface area (TPSA) is 218 Å². The summed E-state index contributed by atoms with van der Waals surface area (Å²) in [6, 6.07) is 6.47. The molecule has 2 aromatic carbocycles. The van der Waals surface area contributed by atoms with E-state index in [4.69, 9.17) is 28.1 Å². The maximum Gasteiger partial charge on any atom is 0.239 e. The molecule has 0 amide bonds. The molecule has 8 atom stereocenters. The average Bonchev–Trinajstić information content (AvgIpc) is 2.93. The first kappa shape index (κ1) is 28.9. The van der Waals surface area contributed by atoms with Crippen LogP contribution in [0.2, 0.25) is 0 Å². The van der Waals surface area contributed by atoms with E-state index in [2.05, 4.69) is 0 Å². The van der Waals surface area contributed by atoms with Crippen LogP contribution in [0, 0.1) is 0 Å². The predicted molar refractivity (Wildman–Crippen MR) is 138 cm³/mol. The zero-order chi connectivity index (χ0) is 29.6. The third-order valence-corrected chi connectivity index (χ3v) is 6.99. The van der Waals surface area contributed by atoms with Crippen LogP contribution in [0.4, 0.5) is 0 Å². The Bertz CT molecular complexity index is 1460. The van der Waals surface area contributed by atoms with Gasteiger partial charge >= 0.3 is 0 Å². The standard InChI is InChI=1S/C27H30O14/c1-10-21(32)15(30)8-19(38-10)39-17-5-11(3-4-13(17)28)25-26(41-27-24(35)22(33)16(31)9-37-27)23(34)20-14(29)6-12(36-2)7-18(20)40-25/h3-7,10,15-16,19,21-22,24,27-33,35H,8-9H2,1-2H3/t10-,15+,16+,19-,21+,22+,24-,27-/m1/s1. The van der Waals surface area contributed by atoms with Crippen molar-refractivity contribution in [2.24, 2.45) is 0 Å². The number of hydrogen-bond donors (Lipinski definition) is 7. The second kappa shape index (κ2) is 11.3. The molecule has 2 aliphatic heterocycles. The molecule has 0 unspecified atom stereocenters. The fourth-order valence-electron chi connectivity index (χ4n) is 4.66. The van der Waals surface area contributed by atoms with E-state index in [9.17, 15) is 40.5 Å². The smallest absolute Gasteiger partial charge is 0.239 e. The lowest BCUT2D eigenvalue weighted by Gasteiger charge is -2.35. The lowest BCUT2D eigenvalue weighted by Crippen LogP contribution is -2.55. The monoisotopic (exact) mass is 578 g/mol. The van der Waals surface area contributed by atoms with Crippen molar-refractivity contribution in [1.82, 2.24) is 0 Å². The highest BCUT2D eigenvalue weighted by molar-refractivity contribution is 5.88. The maximum atomic E-state index is 13.7. The molecule has 2 saturated heterocycles. The van der Waals surface area contributed by atoms with E-state index in [-0.39, 0.29) is 46.0 Å². The van der Waals surface area contributed by atoms with Gasteiger partial charge in [-0.05, 0) is 25.1 Å². The first-order chi connectivity index (χ1) is 19.5. The summed E-state index contributed by atoms with van der Waals surface area (Å²) in [6.07, 6.45) is -10.5. The van der Waals surface area contributed by atoms with Crippen LogP contribution in [0.1, 0.15) is 13.3 Å². The van der Waals surface area contributed by atoms with E-state index < -0.39 is 72.7 Å². The van der Waals surface area contributed by atoms with Gasteiger partial charge in [-0.2, -0.15) is 0 Å². The number of benzene rings is 2. The van der Waals surface area contributed by atoms with Crippen molar-refractivity contribution in [3.8, 4) is 40.1 Å². The van der Waals surface area contributed by atoms with Crippen LogP contribution < -0.4 is 19.6 Å². The van der Waals surface area contributed by atoms with Crippen molar-refractivity contribution in [2.75, 3.05) is 13.7 Å². The van der Waals surface area contributed by atoms with Crippen molar-refractivity contribution < 1.29 is 63.8 Å². The molecule has 5 rings (SSSR count). The van der Waals surface area contributed by atoms with Gasteiger partial charge in [-0.25, -0.2) is 0 Å². The molecule has 2 aliphatic rings. The Morgan fingerprint density at radius 1 is 0.902 bits per heavy atom. The predicted octanol–water partition coefficient (Wildman–Crippen LogP) is -0.0669. The third kappa shape index (κ3) is 5.50. The van der Waals surface area contributed by atoms with Crippen molar-refractivity contribution >= 4 is 11.0 Å². The van der Waals surface area contributed by atoms with E-state index in [0.717, 1.165) is 0 Å². The lowest BCUT2D eigenvalue weighted by molar-refractivity contribution is -0.242. The van der Waals surface area contributed by atoms with Crippen molar-refractivity contribution in [3.63, 3.8) is 0 Å². The number of methoxy groups -OCH3 is 1. The number of fused-ring (bicyclic) bond motifs is 1. The Balaban J connectivity index is 1.60. The van der Waals surface area contributed by atoms with E-state index in [1.54, 1.807) is 6.92 Å². The number of aromatic hydroxyl groups is 2. The largest absolute Gasteiger partial charge is 0.507 e. The van der Waals surface area contributed by atoms with Crippen molar-refractivity contribution in [2.45, 2.75) is 62.5 Å². The van der Waals surface area contributed by atoms with Gasteiger partial charge in [0.05, 0.1) is 25.9 Å². The van der Waals surface area contributed by atoms with Crippen LogP contribution in [0.3, 0.4) is 0 Å². The van der Waals surface area contributed by atoms with Gasteiger partial charge in [0.15, 0.2) is 17.3 Å². The van der Waals surface area contributed by atoms with Gasteiger partial charge in [0, 0.05) is 24.1 Å². The van der Waals surface area contributed by atoms with Gasteiger partial charge in [0.1, 0.15) is 46.9 Å². The van der Waals surface area contributed by atoms with Crippen LogP contribution in [0.25, 0.3) is 22.3 Å². The summed E-state index contributed by atoms with van der Waals surface area (Å²) in [5, 5.41) is 71.1. The molecule has 3 aromatic rings. The minimum atomic E-state index is -1.75. The molecule has 1 aromatic heterocycles. The SMILES string of the molecule is COc1cc(O)c2c(=O)c(O[C@H]3OC[C@H](O)[C@H](O)[C@H]3O)c(-c3ccc(O)c(O[C@@H]4C[C@H](O)[C@@H](O)[C@@H](C)O4)c3)oc2c1. The van der Waals surface area contributed by atoms with E-state index >= 15 is 0 Å². The molecule has 222 valence electrons. The molecule has 0 bridgehead atoms. The number of ether oxygens (including phenoxy) is 5. The highest BCUT2D eigenvalue weighted by Gasteiger charge is 2.40. The lowest BCUT2D eigenvalue weighted by atomic mass is 10.0. The van der Waals surface area contributed by atoms with E-state index in [0.29, 0.717) is 0 Å². The molecule has 0 spiro atoms. The molecule has 2 fully saturated rings. The third-order valence-electron chi connectivity index (χ3n) is 6.99. The van der Waals surface area contributed by atoms with Gasteiger partial charge in [-0.3, -0.25) is 4.79 Å². The first-order valence-corrected chi connectivity index (χ1v) is 12.7. The summed E-state index contributed by atoms with van der Waals surface area (Å²) < 4.78 is 33.5. The number of rotatable bonds is 6. The molecule has 14 nitrogen and oxygen atoms in total. The fourth-order valence-corrected chi connectivity index (χ4v) is 4.66. The molecule has 0 saturated carbocycles. The molecular formula is C27H30O14. The Morgan fingerprint density at radius 2 is 1.66 bits per heavy atom. The molecular weight excluding hydrogens is 548 g/mol. The zero-order valence-corrected chi connectivity index (χ0v) is 21.9. The number of phenolic OH excluding ortho intramolecular Hbond substituents is 2. The van der Waals surface area contributed by atoms with Crippen LogP contribution in [0.15, 0.2) is 39.5 Å². The second-order valence-corrected chi connectivity index (χ2v) is 9.84. The first-order valence-electron chi connectivity index (χ1n) is 12.7. The average molecular weight is 579 g/mol. The van der Waals surface area contributed by atoms with E-state index in [1.807, 2.05) is 0 Å². The normalized spacial score (nSPS) is 30.2. The Morgan fingerprint density at radius 3 is 2.37 bits per heavy atom. The summed E-state index contributed by atoms with van der Waals surface area (Å²) in [5.74, 6) is -1.51. The Kier molecular flexibility index (Phi) is 7.98. The number of phenols is 2. The van der Waals surface area contributed by atoms with Crippen LogP contribution in [-0.4, -0.2) is 98.7 Å². The second-order valence-electron chi connectivity index (χ2n) is 9.84. The van der Waals surface area contributed by atoms with Gasteiger partial charge in [0.2, 0.25) is 23.8 Å². The van der Waals surface area contributed by atoms with Gasteiger partial charge < -0.3 is 63.8 Å². The highest BCUT2D eigenvalue weighted by atomic mass is 16.7. The van der Waals surface area contributed by atoms with Gasteiger partial charge in [-0.15, -0.1) is 0 Å². The van der Waals surface area contributed by atoms with Gasteiger partial charge in [-0.1, -0.05) is 0 Å². The van der Waals surface area contributed by atoms with Gasteiger partial charge in [0.25, 0.3) is 0 Å². The molecule has 41 heavy (non-hydrogen) atoms. The Labute approximate surface area is 232 Å². The molecule has 7 N–H and O–H groups in total. The Hall–Kier alpha value is -3.63. The fraction of sp³-hybridized carbons (Fsp3) is 0.444. The molecule has 3 heterocycles. The molecule has 0 radical (unpaired) electrons. The highest BCUT2D eigenvalue weighted by Crippen LogP contribution is 2.40. The van der Waals surface area contributed by atoms with Crippen LogP contribution in [-0.2, 0) is 9.47 Å². The summed E-state index contributed by atoms with van der Waals surface area (Å²) in [5.41, 5.74) is -0.828. The summed E-state index contributed by atoms with van der Waals surface area (Å²) in [6.45, 7) is 1.14. The molecule has 14 heteroatoms. The summed E-state index contributed by atoms with van der Waals surface area (Å²) in [4.78, 5) is 13.7. The zero-order valence-electron chi connectivity index (χ0n) is 21.9. The summed E-state index contributed by atoms with van der Waals surface area (Å²) in [7, 11) is 1.35. The minimum Gasteiger partial charge on any atom is -0.507 e. The number of hydrogen-bond acceptors (Lipinski definition) is 14. The maximum absolute atomic E-state index is 13.7. The van der Waals surface area contributed by atoms with Crippen molar-refractivity contribution in [1.29, 1.82) is 0 Å².